The van der Waals surface area contributed by atoms with E-state index in [9.17, 15) is 14.7 Å². The van der Waals surface area contributed by atoms with Crippen molar-refractivity contribution < 1.29 is 24.2 Å². The Kier molecular flexibility index (Phi) is 6.42. The van der Waals surface area contributed by atoms with Crippen molar-refractivity contribution in [3.05, 3.63) is 65.2 Å². The lowest BCUT2D eigenvalue weighted by Gasteiger charge is -2.26. The van der Waals surface area contributed by atoms with Gasteiger partial charge in [-0.1, -0.05) is 30.3 Å². The number of Topliss-reactive ketones (excluding diaryl/α,β-unsaturated/α-hetero) is 1. The predicted octanol–water partition coefficient (Wildman–Crippen LogP) is 2.69. The molecule has 3 rings (SSSR count). The number of hydrogen-bond donors (Lipinski definition) is 1. The van der Waals surface area contributed by atoms with Gasteiger partial charge in [0.1, 0.15) is 17.3 Å². The average Bonchev–Trinajstić information content (AvgIpc) is 3.02. The van der Waals surface area contributed by atoms with Crippen LogP contribution in [-0.2, 0) is 9.59 Å². The van der Waals surface area contributed by atoms with E-state index in [1.165, 1.54) is 19.1 Å². The highest BCUT2D eigenvalue weighted by Gasteiger charge is 2.46. The monoisotopic (exact) mass is 410 g/mol. The zero-order valence-electron chi connectivity index (χ0n) is 17.6. The quantitative estimate of drug-likeness (QED) is 0.430. The van der Waals surface area contributed by atoms with Gasteiger partial charge in [0.15, 0.2) is 0 Å². The molecule has 7 nitrogen and oxygen atoms in total. The Labute approximate surface area is 176 Å². The summed E-state index contributed by atoms with van der Waals surface area (Å²) in [4.78, 5) is 29.3. The summed E-state index contributed by atoms with van der Waals surface area (Å²) in [5.74, 6) is -0.764. The molecule has 1 aliphatic rings. The van der Waals surface area contributed by atoms with Crippen molar-refractivity contribution in [1.82, 2.24) is 9.80 Å². The van der Waals surface area contributed by atoms with Crippen molar-refractivity contribution in [2.75, 3.05) is 41.4 Å². The highest BCUT2D eigenvalue weighted by atomic mass is 16.5. The molecule has 0 aromatic heterocycles. The molecule has 1 saturated heterocycles. The Balaban J connectivity index is 2.20. The Bertz CT molecular complexity index is 969. The van der Waals surface area contributed by atoms with Gasteiger partial charge >= 0.3 is 0 Å². The van der Waals surface area contributed by atoms with Crippen LogP contribution in [0.4, 0.5) is 0 Å². The Morgan fingerprint density at radius 3 is 2.37 bits per heavy atom. The number of methoxy groups -OCH3 is 2. The lowest BCUT2D eigenvalue weighted by Crippen LogP contribution is -2.35. The van der Waals surface area contributed by atoms with Gasteiger partial charge in [-0.05, 0) is 37.9 Å². The number of aliphatic hydroxyl groups is 1. The number of nitrogens with zero attached hydrogens (tertiary/aromatic N) is 2. The molecule has 158 valence electrons. The van der Waals surface area contributed by atoms with Crippen LogP contribution in [0.15, 0.2) is 54.1 Å². The highest BCUT2D eigenvalue weighted by Crippen LogP contribution is 2.41. The molecule has 1 heterocycles. The first-order chi connectivity index (χ1) is 14.4. The molecule has 1 unspecified atom stereocenters. The van der Waals surface area contributed by atoms with Crippen LogP contribution in [-0.4, -0.2) is 68.0 Å². The van der Waals surface area contributed by atoms with E-state index in [4.69, 9.17) is 9.47 Å². The fourth-order valence-corrected chi connectivity index (χ4v) is 3.54. The van der Waals surface area contributed by atoms with Gasteiger partial charge in [0.2, 0.25) is 0 Å². The van der Waals surface area contributed by atoms with Gasteiger partial charge < -0.3 is 24.4 Å². The molecule has 7 heteroatoms. The topological polar surface area (TPSA) is 79.3 Å². The summed E-state index contributed by atoms with van der Waals surface area (Å²) >= 11 is 0. The van der Waals surface area contributed by atoms with Gasteiger partial charge in [-0.15, -0.1) is 0 Å². The number of likely N-dealkylation sites (N-methyl/N-ethyl adjacent to an activating group) is 1. The van der Waals surface area contributed by atoms with Crippen LogP contribution in [0.2, 0.25) is 0 Å². The van der Waals surface area contributed by atoms with Gasteiger partial charge in [-0.3, -0.25) is 9.59 Å². The summed E-state index contributed by atoms with van der Waals surface area (Å²) < 4.78 is 10.6. The van der Waals surface area contributed by atoms with Gasteiger partial charge in [-0.25, -0.2) is 0 Å². The van der Waals surface area contributed by atoms with Crippen molar-refractivity contribution in [2.45, 2.75) is 6.04 Å². The van der Waals surface area contributed by atoms with E-state index in [-0.39, 0.29) is 11.3 Å². The smallest absolute Gasteiger partial charge is 0.295 e. The number of aliphatic hydroxyl groups excluding tert-OH is 1. The predicted molar refractivity (Wildman–Crippen MR) is 114 cm³/mol. The first-order valence-electron chi connectivity index (χ1n) is 9.59. The van der Waals surface area contributed by atoms with Crippen LogP contribution >= 0.6 is 0 Å². The van der Waals surface area contributed by atoms with E-state index < -0.39 is 17.7 Å². The third-order valence-corrected chi connectivity index (χ3v) is 5.11. The van der Waals surface area contributed by atoms with Crippen molar-refractivity contribution in [1.29, 1.82) is 0 Å². The lowest BCUT2D eigenvalue weighted by molar-refractivity contribution is -0.140. The van der Waals surface area contributed by atoms with Gasteiger partial charge in [-0.2, -0.15) is 0 Å². The van der Waals surface area contributed by atoms with Crippen molar-refractivity contribution >= 4 is 17.4 Å². The number of ketones is 1. The van der Waals surface area contributed by atoms with E-state index in [1.54, 1.807) is 18.2 Å². The SMILES string of the molecule is COc1ccc(OC)c(/C(O)=C2\C(=O)C(=O)N(CCN(C)C)C2c2ccccc2)c1. The van der Waals surface area contributed by atoms with E-state index in [2.05, 4.69) is 0 Å². The third kappa shape index (κ3) is 4.02. The maximum atomic E-state index is 13.0. The normalized spacial score (nSPS) is 18.2. The summed E-state index contributed by atoms with van der Waals surface area (Å²) in [5.41, 5.74) is 1.08. The number of carbonyl (C=O) groups is 2. The minimum absolute atomic E-state index is 0.0384. The number of benzene rings is 2. The fraction of sp³-hybridized carbons (Fsp3) is 0.304. The molecular weight excluding hydrogens is 384 g/mol. The van der Waals surface area contributed by atoms with Gasteiger partial charge in [0.25, 0.3) is 11.7 Å². The molecule has 2 aromatic carbocycles. The van der Waals surface area contributed by atoms with Crippen LogP contribution in [0.3, 0.4) is 0 Å². The molecule has 0 radical (unpaired) electrons. The summed E-state index contributed by atoms with van der Waals surface area (Å²) in [6, 6.07) is 13.5. The van der Waals surface area contributed by atoms with Crippen LogP contribution in [0, 0.1) is 0 Å². The zero-order chi connectivity index (χ0) is 21.8. The number of ether oxygens (including phenoxy) is 2. The maximum Gasteiger partial charge on any atom is 0.295 e. The minimum atomic E-state index is -0.718. The Morgan fingerprint density at radius 1 is 1.07 bits per heavy atom. The molecule has 1 aliphatic heterocycles. The minimum Gasteiger partial charge on any atom is -0.507 e. The van der Waals surface area contributed by atoms with Gasteiger partial charge in [0, 0.05) is 13.1 Å². The molecular formula is C23H26N2O5. The molecule has 1 fully saturated rings. The Hall–Kier alpha value is -3.32. The molecule has 2 aromatic rings. The molecule has 1 N–H and O–H groups in total. The molecule has 0 saturated carbocycles. The van der Waals surface area contributed by atoms with Crippen LogP contribution in [0.5, 0.6) is 11.5 Å². The summed E-state index contributed by atoms with van der Waals surface area (Å²) in [6.07, 6.45) is 0. The molecule has 1 atom stereocenters. The second-order valence-corrected chi connectivity index (χ2v) is 7.27. The van der Waals surface area contributed by atoms with E-state index in [0.717, 1.165) is 5.56 Å². The van der Waals surface area contributed by atoms with Gasteiger partial charge in [0.05, 0.1) is 31.4 Å². The van der Waals surface area contributed by atoms with Crippen molar-refractivity contribution in [2.24, 2.45) is 0 Å². The molecule has 0 bridgehead atoms. The second kappa shape index (κ2) is 9.00. The molecule has 1 amide bonds. The molecule has 0 spiro atoms. The van der Waals surface area contributed by atoms with Crippen LogP contribution in [0.25, 0.3) is 5.76 Å². The van der Waals surface area contributed by atoms with Crippen LogP contribution < -0.4 is 9.47 Å². The fourth-order valence-electron chi connectivity index (χ4n) is 3.54. The van der Waals surface area contributed by atoms with Crippen LogP contribution in [0.1, 0.15) is 17.2 Å². The summed E-state index contributed by atoms with van der Waals surface area (Å²) in [5, 5.41) is 11.2. The number of rotatable bonds is 7. The standard InChI is InChI=1S/C23H26N2O5/c1-24(2)12-13-25-20(15-8-6-5-7-9-15)19(22(27)23(25)28)21(26)17-14-16(29-3)10-11-18(17)30-4/h5-11,14,20,26H,12-13H2,1-4H3/b21-19+. The van der Waals surface area contributed by atoms with E-state index in [0.29, 0.717) is 30.2 Å². The third-order valence-electron chi connectivity index (χ3n) is 5.11. The number of carbonyl (C=O) groups excluding carboxylic acids is 2. The highest BCUT2D eigenvalue weighted by molar-refractivity contribution is 6.46. The summed E-state index contributed by atoms with van der Waals surface area (Å²) in [6.45, 7) is 0.933. The zero-order valence-corrected chi connectivity index (χ0v) is 17.6. The molecule has 30 heavy (non-hydrogen) atoms. The van der Waals surface area contributed by atoms with E-state index in [1.807, 2.05) is 49.3 Å². The number of hydrogen-bond acceptors (Lipinski definition) is 6. The maximum absolute atomic E-state index is 13.0. The average molecular weight is 410 g/mol. The first kappa shape index (κ1) is 21.4. The first-order valence-corrected chi connectivity index (χ1v) is 9.59. The summed E-state index contributed by atoms with van der Waals surface area (Å²) in [7, 11) is 6.78. The van der Waals surface area contributed by atoms with Crippen molar-refractivity contribution in [3.8, 4) is 11.5 Å². The largest absolute Gasteiger partial charge is 0.507 e. The number of amides is 1. The lowest BCUT2D eigenvalue weighted by atomic mass is 9.95. The number of likely N-dealkylation sites (tertiary alicyclic amines) is 1. The van der Waals surface area contributed by atoms with E-state index >= 15 is 0 Å². The molecule has 0 aliphatic carbocycles. The Morgan fingerprint density at radius 2 is 1.77 bits per heavy atom. The van der Waals surface area contributed by atoms with Crippen molar-refractivity contribution in [3.63, 3.8) is 0 Å². The second-order valence-electron chi connectivity index (χ2n) is 7.27.